The van der Waals surface area contributed by atoms with Gasteiger partial charge >= 0.3 is 29.6 Å². The van der Waals surface area contributed by atoms with Gasteiger partial charge < -0.3 is 1.43 Å². The Morgan fingerprint density at radius 2 is 1.91 bits per heavy atom. The van der Waals surface area contributed by atoms with Crippen molar-refractivity contribution in [2.75, 3.05) is 0 Å². The fourth-order valence-electron chi connectivity index (χ4n) is 0.828. The van der Waals surface area contributed by atoms with Crippen LogP contribution in [0.5, 0.6) is 0 Å². The molecule has 0 saturated carbocycles. The molecular weight excluding hydrogens is 147 g/mol. The maximum Gasteiger partial charge on any atom is 1.00 e. The van der Waals surface area contributed by atoms with Crippen molar-refractivity contribution in [3.63, 3.8) is 0 Å². The van der Waals surface area contributed by atoms with Crippen LogP contribution in [-0.2, 0) is 0 Å². The Kier molecular flexibility index (Phi) is 5.47. The molecule has 54 valence electrons. The Hall–Kier alpha value is -0.110. The molecular formula is C9H11NaO. The van der Waals surface area contributed by atoms with Crippen LogP contribution in [0.15, 0.2) is 30.3 Å². The molecule has 0 aromatic heterocycles. The Bertz CT molecular complexity index is 223. The van der Waals surface area contributed by atoms with Crippen molar-refractivity contribution in [2.24, 2.45) is 0 Å². The molecule has 0 heterocycles. The first-order valence-corrected chi connectivity index (χ1v) is 3.43. The normalized spacial score (nSPS) is 8.45. The number of carbonyl (C=O) groups is 1. The Morgan fingerprint density at radius 1 is 1.36 bits per heavy atom. The summed E-state index contributed by atoms with van der Waals surface area (Å²) in [4.78, 5) is 11.0. The smallest absolute Gasteiger partial charge is 1.00 e. The number of benzene rings is 1. The van der Waals surface area contributed by atoms with Crippen molar-refractivity contribution in [1.82, 2.24) is 0 Å². The molecule has 0 aliphatic heterocycles. The van der Waals surface area contributed by atoms with Gasteiger partial charge in [0.2, 0.25) is 0 Å². The standard InChI is InChI=1S/C9H10O.Na.H/c1-2-9(10)8-6-4-3-5-7-8;;/h3-7H,2H2,1H3;;/q;+1;-1. The van der Waals surface area contributed by atoms with Gasteiger partial charge in [-0.1, -0.05) is 37.3 Å². The second kappa shape index (κ2) is 5.53. The summed E-state index contributed by atoms with van der Waals surface area (Å²) >= 11 is 0. The van der Waals surface area contributed by atoms with E-state index in [0.717, 1.165) is 5.56 Å². The first kappa shape index (κ1) is 10.9. The number of ketones is 1. The van der Waals surface area contributed by atoms with E-state index >= 15 is 0 Å². The maximum atomic E-state index is 11.0. The van der Waals surface area contributed by atoms with Crippen LogP contribution in [0.4, 0.5) is 0 Å². The van der Waals surface area contributed by atoms with Crippen LogP contribution in [0.3, 0.4) is 0 Å². The van der Waals surface area contributed by atoms with Crippen LogP contribution in [-0.4, -0.2) is 5.78 Å². The first-order chi connectivity index (χ1) is 4.84. The van der Waals surface area contributed by atoms with E-state index in [1.165, 1.54) is 0 Å². The van der Waals surface area contributed by atoms with Gasteiger partial charge in [-0.05, 0) is 0 Å². The third-order valence-electron chi connectivity index (χ3n) is 1.42. The zero-order valence-electron chi connectivity index (χ0n) is 8.00. The molecule has 0 radical (unpaired) electrons. The van der Waals surface area contributed by atoms with E-state index < -0.39 is 0 Å². The minimum absolute atomic E-state index is 0. The third-order valence-corrected chi connectivity index (χ3v) is 1.42. The molecule has 0 unspecified atom stereocenters. The zero-order chi connectivity index (χ0) is 7.40. The fraction of sp³-hybridized carbons (Fsp3) is 0.222. The van der Waals surface area contributed by atoms with Crippen molar-refractivity contribution in [3.8, 4) is 0 Å². The molecule has 0 fully saturated rings. The summed E-state index contributed by atoms with van der Waals surface area (Å²) in [5, 5.41) is 0. The van der Waals surface area contributed by atoms with E-state index in [1.54, 1.807) is 0 Å². The Morgan fingerprint density at radius 3 is 2.36 bits per heavy atom. The van der Waals surface area contributed by atoms with Gasteiger partial charge in [-0.2, -0.15) is 0 Å². The molecule has 1 aromatic rings. The summed E-state index contributed by atoms with van der Waals surface area (Å²) in [7, 11) is 0. The SMILES string of the molecule is CCC(=O)c1ccccc1.[H-].[Na+]. The molecule has 0 saturated heterocycles. The molecule has 0 bridgehead atoms. The van der Waals surface area contributed by atoms with Crippen molar-refractivity contribution >= 4 is 5.78 Å². The molecule has 0 N–H and O–H groups in total. The van der Waals surface area contributed by atoms with Crippen molar-refractivity contribution in [3.05, 3.63) is 35.9 Å². The summed E-state index contributed by atoms with van der Waals surface area (Å²) in [6, 6.07) is 9.34. The van der Waals surface area contributed by atoms with E-state index in [-0.39, 0.29) is 36.8 Å². The van der Waals surface area contributed by atoms with Crippen LogP contribution >= 0.6 is 0 Å². The largest absolute Gasteiger partial charge is 1.00 e. The molecule has 1 aromatic carbocycles. The summed E-state index contributed by atoms with van der Waals surface area (Å²) in [6.45, 7) is 1.87. The number of hydrogen-bond donors (Lipinski definition) is 0. The summed E-state index contributed by atoms with van der Waals surface area (Å²) < 4.78 is 0. The van der Waals surface area contributed by atoms with Gasteiger partial charge in [0.15, 0.2) is 5.78 Å². The fourth-order valence-corrected chi connectivity index (χ4v) is 0.828. The summed E-state index contributed by atoms with van der Waals surface area (Å²) in [5.41, 5.74) is 0.810. The van der Waals surface area contributed by atoms with Crippen LogP contribution in [0.2, 0.25) is 0 Å². The number of hydrogen-bond acceptors (Lipinski definition) is 1. The summed E-state index contributed by atoms with van der Waals surface area (Å²) in [5.74, 6) is 0.209. The predicted molar refractivity (Wildman–Crippen MR) is 42.2 cm³/mol. The first-order valence-electron chi connectivity index (χ1n) is 3.43. The van der Waals surface area contributed by atoms with Gasteiger partial charge in [0.05, 0.1) is 0 Å². The number of carbonyl (C=O) groups excluding carboxylic acids is 1. The Balaban J connectivity index is 0. The van der Waals surface area contributed by atoms with Gasteiger partial charge in [0.25, 0.3) is 0 Å². The van der Waals surface area contributed by atoms with Crippen LogP contribution in [0, 0.1) is 0 Å². The average molecular weight is 158 g/mol. The van der Waals surface area contributed by atoms with Crippen molar-refractivity contribution in [1.29, 1.82) is 0 Å². The van der Waals surface area contributed by atoms with Crippen molar-refractivity contribution in [2.45, 2.75) is 13.3 Å². The molecule has 0 spiro atoms. The van der Waals surface area contributed by atoms with E-state index in [2.05, 4.69) is 0 Å². The number of rotatable bonds is 2. The van der Waals surface area contributed by atoms with Gasteiger partial charge in [0.1, 0.15) is 0 Å². The van der Waals surface area contributed by atoms with Crippen LogP contribution < -0.4 is 29.6 Å². The van der Waals surface area contributed by atoms with Crippen LogP contribution in [0.1, 0.15) is 25.1 Å². The van der Waals surface area contributed by atoms with E-state index in [1.807, 2.05) is 37.3 Å². The van der Waals surface area contributed by atoms with Gasteiger partial charge in [-0.25, -0.2) is 0 Å². The van der Waals surface area contributed by atoms with Crippen molar-refractivity contribution < 1.29 is 35.8 Å². The van der Waals surface area contributed by atoms with Crippen LogP contribution in [0.25, 0.3) is 0 Å². The molecule has 0 atom stereocenters. The van der Waals surface area contributed by atoms with Gasteiger partial charge in [-0.3, -0.25) is 4.79 Å². The molecule has 1 rings (SSSR count). The average Bonchev–Trinajstić information content (AvgIpc) is 2.05. The maximum absolute atomic E-state index is 11.0. The quantitative estimate of drug-likeness (QED) is 0.415. The topological polar surface area (TPSA) is 17.1 Å². The van der Waals surface area contributed by atoms with E-state index in [4.69, 9.17) is 0 Å². The predicted octanol–water partition coefficient (Wildman–Crippen LogP) is -0.604. The third kappa shape index (κ3) is 3.19. The monoisotopic (exact) mass is 158 g/mol. The van der Waals surface area contributed by atoms with Gasteiger partial charge in [-0.15, -0.1) is 0 Å². The molecule has 1 nitrogen and oxygen atoms in total. The molecule has 0 amide bonds. The zero-order valence-corrected chi connectivity index (χ0v) is 9.00. The second-order valence-corrected chi connectivity index (χ2v) is 2.14. The minimum Gasteiger partial charge on any atom is -1.00 e. The second-order valence-electron chi connectivity index (χ2n) is 2.14. The van der Waals surface area contributed by atoms with E-state index in [0.29, 0.717) is 6.42 Å². The minimum atomic E-state index is 0. The number of Topliss-reactive ketones (excluding diaryl/α,β-unsaturated/α-hetero) is 1. The molecule has 0 aliphatic rings. The van der Waals surface area contributed by atoms with Gasteiger partial charge in [0, 0.05) is 12.0 Å². The molecule has 0 aliphatic carbocycles. The summed E-state index contributed by atoms with van der Waals surface area (Å²) in [6.07, 6.45) is 0.587. The van der Waals surface area contributed by atoms with E-state index in [9.17, 15) is 4.79 Å². The Labute approximate surface area is 90.6 Å². The molecule has 2 heteroatoms. The molecule has 11 heavy (non-hydrogen) atoms.